The fourth-order valence-corrected chi connectivity index (χ4v) is 2.34. The number of rotatable bonds is 2. The quantitative estimate of drug-likeness (QED) is 0.775. The number of pyridine rings is 1. The summed E-state index contributed by atoms with van der Waals surface area (Å²) in [7, 11) is 0. The smallest absolute Gasteiger partial charge is 0.254 e. The fourth-order valence-electron chi connectivity index (χ4n) is 2.34. The summed E-state index contributed by atoms with van der Waals surface area (Å²) in [6, 6.07) is 7.93. The lowest BCUT2D eigenvalue weighted by Gasteiger charge is -2.09. The van der Waals surface area contributed by atoms with Crippen molar-refractivity contribution in [2.75, 3.05) is 0 Å². The van der Waals surface area contributed by atoms with Crippen molar-refractivity contribution in [3.05, 3.63) is 58.4 Å². The molecular weight excluding hydrogens is 250 g/mol. The third kappa shape index (κ3) is 1.99. The number of aryl methyl sites for hydroxylation is 1. The first-order valence-electron chi connectivity index (χ1n) is 6.63. The Balaban J connectivity index is 2.36. The van der Waals surface area contributed by atoms with Crippen molar-refractivity contribution in [1.82, 2.24) is 15.0 Å². The number of nitrogens with zero attached hydrogens (tertiary/aromatic N) is 2. The van der Waals surface area contributed by atoms with Gasteiger partial charge < -0.3 is 4.98 Å². The van der Waals surface area contributed by atoms with E-state index in [0.29, 0.717) is 17.8 Å². The molecule has 0 saturated heterocycles. The molecule has 0 amide bonds. The normalized spacial score (nSPS) is 10.9. The molecule has 1 aromatic carbocycles. The number of aromatic amines is 1. The Morgan fingerprint density at radius 1 is 1.25 bits per heavy atom. The molecule has 0 aliphatic carbocycles. The topological polar surface area (TPSA) is 58.6 Å². The number of hydrogen-bond acceptors (Lipinski definition) is 3. The molecule has 0 unspecified atom stereocenters. The van der Waals surface area contributed by atoms with Gasteiger partial charge in [-0.15, -0.1) is 0 Å². The maximum atomic E-state index is 12.0. The summed E-state index contributed by atoms with van der Waals surface area (Å²) in [5.74, 6) is 0.710. The van der Waals surface area contributed by atoms with Crippen molar-refractivity contribution in [1.29, 1.82) is 0 Å². The molecular formula is C16H15N3O. The molecule has 3 rings (SSSR count). The average Bonchev–Trinajstić information content (AvgIpc) is 2.49. The predicted octanol–water partition coefficient (Wildman–Crippen LogP) is 2.86. The minimum absolute atomic E-state index is 0.0714. The molecule has 4 heteroatoms. The van der Waals surface area contributed by atoms with Gasteiger partial charge in [0.2, 0.25) is 0 Å². The average molecular weight is 265 g/mol. The monoisotopic (exact) mass is 265 g/mol. The summed E-state index contributed by atoms with van der Waals surface area (Å²) in [6.45, 7) is 3.78. The molecule has 0 atom stereocenters. The number of fused-ring (bicyclic) bond motifs is 1. The predicted molar refractivity (Wildman–Crippen MR) is 79.7 cm³/mol. The highest BCUT2D eigenvalue weighted by atomic mass is 16.1. The molecule has 0 aliphatic rings. The van der Waals surface area contributed by atoms with Crippen LogP contribution in [-0.2, 0) is 6.42 Å². The second-order valence-corrected chi connectivity index (χ2v) is 4.74. The molecule has 2 aromatic heterocycles. The first-order chi connectivity index (χ1) is 9.70. The van der Waals surface area contributed by atoms with Gasteiger partial charge in [0, 0.05) is 35.3 Å². The zero-order valence-corrected chi connectivity index (χ0v) is 11.5. The minimum atomic E-state index is -0.0714. The highest BCUT2D eigenvalue weighted by Gasteiger charge is 2.11. The van der Waals surface area contributed by atoms with E-state index in [1.807, 2.05) is 37.4 Å². The Kier molecular flexibility index (Phi) is 3.06. The highest BCUT2D eigenvalue weighted by molar-refractivity contribution is 5.95. The Morgan fingerprint density at radius 2 is 2.10 bits per heavy atom. The number of benzene rings is 1. The molecule has 0 radical (unpaired) electrons. The molecule has 4 nitrogen and oxygen atoms in total. The van der Waals surface area contributed by atoms with Crippen LogP contribution in [0.15, 0.2) is 41.5 Å². The lowest BCUT2D eigenvalue weighted by Crippen LogP contribution is -2.15. The highest BCUT2D eigenvalue weighted by Crippen LogP contribution is 2.27. The van der Waals surface area contributed by atoms with Crippen LogP contribution in [0.4, 0.5) is 0 Å². The van der Waals surface area contributed by atoms with Gasteiger partial charge in [-0.1, -0.05) is 25.1 Å². The summed E-state index contributed by atoms with van der Waals surface area (Å²) >= 11 is 0. The first kappa shape index (κ1) is 12.5. The summed E-state index contributed by atoms with van der Waals surface area (Å²) in [4.78, 5) is 23.6. The molecule has 0 spiro atoms. The van der Waals surface area contributed by atoms with Gasteiger partial charge in [0.05, 0.1) is 5.69 Å². The van der Waals surface area contributed by atoms with Crippen molar-refractivity contribution >= 4 is 10.8 Å². The lowest BCUT2D eigenvalue weighted by molar-refractivity contribution is 0.912. The Bertz CT molecular complexity index is 831. The lowest BCUT2D eigenvalue weighted by atomic mass is 10.0. The Hall–Kier alpha value is -2.49. The van der Waals surface area contributed by atoms with Crippen LogP contribution in [0, 0.1) is 6.92 Å². The van der Waals surface area contributed by atoms with Gasteiger partial charge in [-0.2, -0.15) is 0 Å². The number of nitrogens with one attached hydrogen (secondary N) is 1. The number of hydrogen-bond donors (Lipinski definition) is 1. The third-order valence-electron chi connectivity index (χ3n) is 3.47. The molecule has 3 aromatic rings. The van der Waals surface area contributed by atoms with Gasteiger partial charge in [-0.25, -0.2) is 4.98 Å². The van der Waals surface area contributed by atoms with Crippen molar-refractivity contribution in [2.24, 2.45) is 0 Å². The fraction of sp³-hybridized carbons (Fsp3) is 0.188. The van der Waals surface area contributed by atoms with Gasteiger partial charge in [0.15, 0.2) is 0 Å². The van der Waals surface area contributed by atoms with Gasteiger partial charge in [-0.3, -0.25) is 9.78 Å². The number of aromatic nitrogens is 3. The summed E-state index contributed by atoms with van der Waals surface area (Å²) in [5, 5.41) is 2.11. The second-order valence-electron chi connectivity index (χ2n) is 4.74. The second kappa shape index (κ2) is 4.89. The van der Waals surface area contributed by atoms with Crippen LogP contribution in [0.2, 0.25) is 0 Å². The van der Waals surface area contributed by atoms with Crippen LogP contribution in [0.3, 0.4) is 0 Å². The van der Waals surface area contributed by atoms with E-state index in [-0.39, 0.29) is 5.56 Å². The van der Waals surface area contributed by atoms with Crippen molar-refractivity contribution < 1.29 is 0 Å². The molecule has 0 fully saturated rings. The van der Waals surface area contributed by atoms with Crippen LogP contribution < -0.4 is 5.56 Å². The van der Waals surface area contributed by atoms with E-state index < -0.39 is 0 Å². The standard InChI is InChI=1S/C16H15N3O/c1-3-14-18-15(10(2)16(20)19-14)13-6-4-5-11-9-17-8-7-12(11)13/h4-9H,3H2,1-2H3,(H,18,19,20). The van der Waals surface area contributed by atoms with Gasteiger partial charge in [0.1, 0.15) is 5.82 Å². The molecule has 0 aliphatic heterocycles. The molecule has 100 valence electrons. The third-order valence-corrected chi connectivity index (χ3v) is 3.47. The van der Waals surface area contributed by atoms with Crippen LogP contribution in [-0.4, -0.2) is 15.0 Å². The van der Waals surface area contributed by atoms with Crippen LogP contribution in [0.1, 0.15) is 18.3 Å². The molecule has 0 saturated carbocycles. The van der Waals surface area contributed by atoms with E-state index in [1.54, 1.807) is 13.1 Å². The SMILES string of the molecule is CCc1nc(-c2cccc3cnccc23)c(C)c(=O)[nH]1. The van der Waals surface area contributed by atoms with E-state index in [0.717, 1.165) is 22.0 Å². The largest absolute Gasteiger partial charge is 0.310 e. The summed E-state index contributed by atoms with van der Waals surface area (Å²) in [5.41, 5.74) is 2.30. The molecule has 2 heterocycles. The molecule has 1 N–H and O–H groups in total. The van der Waals surface area contributed by atoms with Crippen LogP contribution in [0.25, 0.3) is 22.0 Å². The molecule has 0 bridgehead atoms. The van der Waals surface area contributed by atoms with Crippen molar-refractivity contribution in [3.8, 4) is 11.3 Å². The van der Waals surface area contributed by atoms with Crippen LogP contribution >= 0.6 is 0 Å². The zero-order chi connectivity index (χ0) is 14.1. The van der Waals surface area contributed by atoms with E-state index in [2.05, 4.69) is 15.0 Å². The van der Waals surface area contributed by atoms with E-state index >= 15 is 0 Å². The minimum Gasteiger partial charge on any atom is -0.310 e. The van der Waals surface area contributed by atoms with Gasteiger partial charge in [0.25, 0.3) is 5.56 Å². The molecule has 20 heavy (non-hydrogen) atoms. The summed E-state index contributed by atoms with van der Waals surface area (Å²) < 4.78 is 0. The maximum Gasteiger partial charge on any atom is 0.254 e. The Labute approximate surface area is 116 Å². The zero-order valence-electron chi connectivity index (χ0n) is 11.5. The van der Waals surface area contributed by atoms with E-state index in [1.165, 1.54) is 0 Å². The van der Waals surface area contributed by atoms with Gasteiger partial charge in [-0.05, 0) is 18.4 Å². The van der Waals surface area contributed by atoms with Gasteiger partial charge >= 0.3 is 0 Å². The first-order valence-corrected chi connectivity index (χ1v) is 6.63. The van der Waals surface area contributed by atoms with Crippen LogP contribution in [0.5, 0.6) is 0 Å². The Morgan fingerprint density at radius 3 is 2.90 bits per heavy atom. The van der Waals surface area contributed by atoms with E-state index in [4.69, 9.17) is 0 Å². The van der Waals surface area contributed by atoms with Crippen molar-refractivity contribution in [3.63, 3.8) is 0 Å². The maximum absolute atomic E-state index is 12.0. The summed E-state index contributed by atoms with van der Waals surface area (Å²) in [6.07, 6.45) is 4.28. The number of H-pyrrole nitrogens is 1. The van der Waals surface area contributed by atoms with E-state index in [9.17, 15) is 4.79 Å². The van der Waals surface area contributed by atoms with Crippen molar-refractivity contribution in [2.45, 2.75) is 20.3 Å².